The summed E-state index contributed by atoms with van der Waals surface area (Å²) in [4.78, 5) is 10.1. The van der Waals surface area contributed by atoms with Gasteiger partial charge in [0.15, 0.2) is 11.4 Å². The molecule has 5 nitrogen and oxygen atoms in total. The first-order valence-corrected chi connectivity index (χ1v) is 19.5. The van der Waals surface area contributed by atoms with Crippen LogP contribution in [-0.2, 0) is 0 Å². The molecule has 0 amide bonds. The Hall–Kier alpha value is -7.76. The predicted molar refractivity (Wildman–Crippen MR) is 244 cm³/mol. The fourth-order valence-electron chi connectivity index (χ4n) is 8.55. The van der Waals surface area contributed by atoms with Gasteiger partial charge in [-0.2, -0.15) is 0 Å². The molecule has 0 bridgehead atoms. The van der Waals surface area contributed by atoms with Crippen molar-refractivity contribution >= 4 is 82.6 Å². The highest BCUT2D eigenvalue weighted by molar-refractivity contribution is 6.26. The maximum Gasteiger partial charge on any atom is 0.159 e. The SMILES string of the molecule is CN=C(N=C(Nc1cc2ccccc2c2c1oc1ccc(-n3c4ccccc4c4cc5ccccc5cc43)cc12)c1ccccc1)c1ccccc1-c1ccccc1. The molecule has 58 heavy (non-hydrogen) atoms. The molecule has 0 spiro atoms. The summed E-state index contributed by atoms with van der Waals surface area (Å²) in [6.07, 6.45) is 0. The summed E-state index contributed by atoms with van der Waals surface area (Å²) >= 11 is 0. The van der Waals surface area contributed by atoms with E-state index in [4.69, 9.17) is 14.4 Å². The molecule has 0 fully saturated rings. The molecule has 11 rings (SSSR count). The lowest BCUT2D eigenvalue weighted by molar-refractivity contribution is 0.670. The van der Waals surface area contributed by atoms with Gasteiger partial charge in [-0.05, 0) is 75.1 Å². The van der Waals surface area contributed by atoms with Crippen molar-refractivity contribution in [1.82, 2.24) is 4.57 Å². The number of nitrogens with one attached hydrogen (secondary N) is 1. The zero-order valence-corrected chi connectivity index (χ0v) is 31.7. The molecule has 0 saturated carbocycles. The van der Waals surface area contributed by atoms with Gasteiger partial charge in [-0.1, -0.05) is 152 Å². The summed E-state index contributed by atoms with van der Waals surface area (Å²) in [6.45, 7) is 0. The average Bonchev–Trinajstić information content (AvgIpc) is 3.83. The van der Waals surface area contributed by atoms with Crippen LogP contribution in [0.15, 0.2) is 209 Å². The Bertz CT molecular complexity index is 3430. The van der Waals surface area contributed by atoms with Crippen LogP contribution in [0.5, 0.6) is 0 Å². The Kier molecular flexibility index (Phi) is 7.97. The van der Waals surface area contributed by atoms with Gasteiger partial charge in [-0.25, -0.2) is 4.99 Å². The highest BCUT2D eigenvalue weighted by atomic mass is 16.3. The molecule has 0 saturated heterocycles. The van der Waals surface area contributed by atoms with Gasteiger partial charge in [-0.3, -0.25) is 4.99 Å². The molecular weight excluding hydrogens is 709 g/mol. The van der Waals surface area contributed by atoms with Gasteiger partial charge >= 0.3 is 0 Å². The lowest BCUT2D eigenvalue weighted by Gasteiger charge is -2.15. The Morgan fingerprint density at radius 1 is 0.534 bits per heavy atom. The minimum Gasteiger partial charge on any atom is -0.454 e. The van der Waals surface area contributed by atoms with E-state index in [2.05, 4.69) is 174 Å². The number of nitrogens with zero attached hydrogens (tertiary/aromatic N) is 3. The number of hydrogen-bond acceptors (Lipinski definition) is 2. The summed E-state index contributed by atoms with van der Waals surface area (Å²) in [5.41, 5.74) is 9.87. The second-order valence-corrected chi connectivity index (χ2v) is 14.6. The molecule has 9 aromatic carbocycles. The molecule has 0 atom stereocenters. The minimum atomic E-state index is 0.621. The molecule has 0 aliphatic rings. The standard InChI is InChI=1S/C53H36N4O/c1-54-53(43-26-13-12-23-40(43)34-16-4-2-5-17-34)56-52(35-18-6-3-7-19-35)55-46-31-38-22-10-11-24-41(38)50-45-33-39(28-29-49(45)58-51(46)50)57-47-27-15-14-25-42(47)44-30-36-20-8-9-21-37(36)32-48(44)57/h2-33H,1H3,(H,54,55,56). The molecule has 0 radical (unpaired) electrons. The van der Waals surface area contributed by atoms with Crippen LogP contribution >= 0.6 is 0 Å². The van der Waals surface area contributed by atoms with E-state index in [0.717, 1.165) is 71.9 Å². The van der Waals surface area contributed by atoms with Crippen molar-refractivity contribution in [3.8, 4) is 16.8 Å². The van der Waals surface area contributed by atoms with Gasteiger partial charge in [0.05, 0.1) is 16.7 Å². The topological polar surface area (TPSA) is 54.8 Å². The monoisotopic (exact) mass is 744 g/mol. The van der Waals surface area contributed by atoms with Crippen molar-refractivity contribution in [3.63, 3.8) is 0 Å². The van der Waals surface area contributed by atoms with Gasteiger partial charge in [0.2, 0.25) is 0 Å². The molecule has 1 N–H and O–H groups in total. The first kappa shape index (κ1) is 33.6. The normalized spacial score (nSPS) is 12.4. The fraction of sp³-hybridized carbons (Fsp3) is 0.0189. The van der Waals surface area contributed by atoms with E-state index in [1.54, 1.807) is 7.05 Å². The summed E-state index contributed by atoms with van der Waals surface area (Å²) in [5, 5.41) is 13.0. The molecule has 0 aliphatic carbocycles. The lowest BCUT2D eigenvalue weighted by atomic mass is 9.99. The maximum absolute atomic E-state index is 6.87. The number of amidine groups is 2. The average molecular weight is 745 g/mol. The molecule has 0 unspecified atom stereocenters. The first-order valence-electron chi connectivity index (χ1n) is 19.5. The number of rotatable bonds is 5. The van der Waals surface area contributed by atoms with Crippen LogP contribution in [0.3, 0.4) is 0 Å². The van der Waals surface area contributed by atoms with Crippen LogP contribution in [0.4, 0.5) is 5.69 Å². The van der Waals surface area contributed by atoms with Crippen molar-refractivity contribution in [1.29, 1.82) is 0 Å². The predicted octanol–water partition coefficient (Wildman–Crippen LogP) is 13.6. The highest BCUT2D eigenvalue weighted by Crippen LogP contribution is 2.42. The van der Waals surface area contributed by atoms with Crippen molar-refractivity contribution in [2.24, 2.45) is 9.98 Å². The Balaban J connectivity index is 1.11. The molecule has 2 heterocycles. The maximum atomic E-state index is 6.87. The Morgan fingerprint density at radius 3 is 2.02 bits per heavy atom. The van der Waals surface area contributed by atoms with Gasteiger partial charge in [0.25, 0.3) is 0 Å². The second kappa shape index (κ2) is 13.8. The molecule has 274 valence electrons. The highest BCUT2D eigenvalue weighted by Gasteiger charge is 2.20. The second-order valence-electron chi connectivity index (χ2n) is 14.6. The smallest absolute Gasteiger partial charge is 0.159 e. The molecular formula is C53H36N4O. The van der Waals surface area contributed by atoms with Crippen LogP contribution < -0.4 is 5.32 Å². The lowest BCUT2D eigenvalue weighted by Crippen LogP contribution is -2.17. The number of benzene rings is 9. The third-order valence-corrected chi connectivity index (χ3v) is 11.2. The zero-order valence-electron chi connectivity index (χ0n) is 31.7. The molecule has 11 aromatic rings. The Labute approximate surface area is 334 Å². The summed E-state index contributed by atoms with van der Waals surface area (Å²) in [7, 11) is 1.80. The van der Waals surface area contributed by atoms with E-state index in [1.807, 2.05) is 30.3 Å². The van der Waals surface area contributed by atoms with Crippen molar-refractivity contribution < 1.29 is 4.42 Å². The summed E-state index contributed by atoms with van der Waals surface area (Å²) in [6, 6.07) is 68.1. The van der Waals surface area contributed by atoms with Crippen LogP contribution in [0.1, 0.15) is 11.1 Å². The van der Waals surface area contributed by atoms with Gasteiger partial charge in [0.1, 0.15) is 11.4 Å². The van der Waals surface area contributed by atoms with E-state index >= 15 is 0 Å². The number of para-hydroxylation sites is 1. The van der Waals surface area contributed by atoms with Gasteiger partial charge in [0, 0.05) is 45.4 Å². The van der Waals surface area contributed by atoms with E-state index in [0.29, 0.717) is 11.7 Å². The third-order valence-electron chi connectivity index (χ3n) is 11.2. The summed E-state index contributed by atoms with van der Waals surface area (Å²) in [5.74, 6) is 1.29. The van der Waals surface area contributed by atoms with E-state index in [1.165, 1.54) is 27.1 Å². The van der Waals surface area contributed by atoms with Crippen molar-refractivity contribution in [3.05, 3.63) is 205 Å². The van der Waals surface area contributed by atoms with Gasteiger partial charge in [-0.15, -0.1) is 0 Å². The number of aromatic nitrogens is 1. The quantitative estimate of drug-likeness (QED) is 0.141. The zero-order chi connectivity index (χ0) is 38.6. The molecule has 5 heteroatoms. The fourth-order valence-corrected chi connectivity index (χ4v) is 8.55. The van der Waals surface area contributed by atoms with Crippen LogP contribution in [0.25, 0.3) is 82.1 Å². The number of hydrogen-bond donors (Lipinski definition) is 1. The summed E-state index contributed by atoms with van der Waals surface area (Å²) < 4.78 is 9.26. The number of furan rings is 1. The third kappa shape index (κ3) is 5.55. The van der Waals surface area contributed by atoms with Crippen LogP contribution in [-0.4, -0.2) is 23.3 Å². The van der Waals surface area contributed by atoms with Crippen LogP contribution in [0.2, 0.25) is 0 Å². The number of anilines is 1. The van der Waals surface area contributed by atoms with E-state index in [-0.39, 0.29) is 0 Å². The largest absolute Gasteiger partial charge is 0.454 e. The van der Waals surface area contributed by atoms with Crippen LogP contribution in [0, 0.1) is 0 Å². The van der Waals surface area contributed by atoms with Crippen molar-refractivity contribution in [2.45, 2.75) is 0 Å². The van der Waals surface area contributed by atoms with E-state index < -0.39 is 0 Å². The number of aliphatic imine (C=N–C) groups is 2. The molecule has 2 aromatic heterocycles. The Morgan fingerprint density at radius 2 is 1.21 bits per heavy atom. The number of fused-ring (bicyclic) bond motifs is 9. The minimum absolute atomic E-state index is 0.621. The van der Waals surface area contributed by atoms with Crippen molar-refractivity contribution in [2.75, 3.05) is 12.4 Å². The van der Waals surface area contributed by atoms with Gasteiger partial charge < -0.3 is 14.3 Å². The first-order chi connectivity index (χ1) is 28.7. The molecule has 0 aliphatic heterocycles. The van der Waals surface area contributed by atoms with E-state index in [9.17, 15) is 0 Å².